The molecule has 3 aromatic rings. The Bertz CT molecular complexity index is 1290. The summed E-state index contributed by atoms with van der Waals surface area (Å²) < 4.78 is 31.2. The minimum atomic E-state index is -1.20. The molecule has 0 aliphatic carbocycles. The molecule has 4 rings (SSSR count). The number of aromatic nitrogens is 4. The number of piperidine rings is 1. The van der Waals surface area contributed by atoms with Gasteiger partial charge in [-0.25, -0.2) is 13.5 Å². The molecule has 182 valence electrons. The summed E-state index contributed by atoms with van der Waals surface area (Å²) >= 11 is 0. The van der Waals surface area contributed by atoms with Crippen molar-refractivity contribution in [2.45, 2.75) is 25.8 Å². The molecular weight excluding hydrogens is 450 g/mol. The second kappa shape index (κ2) is 10.7. The van der Waals surface area contributed by atoms with Crippen LogP contribution in [-0.4, -0.2) is 57.0 Å². The van der Waals surface area contributed by atoms with E-state index in [4.69, 9.17) is 0 Å². The summed E-state index contributed by atoms with van der Waals surface area (Å²) in [5.41, 5.74) is 2.27. The van der Waals surface area contributed by atoms with Crippen LogP contribution in [0.4, 0.5) is 8.78 Å². The molecule has 0 unspecified atom stereocenters. The Labute approximate surface area is 202 Å². The summed E-state index contributed by atoms with van der Waals surface area (Å²) in [6.07, 6.45) is 8.98. The van der Waals surface area contributed by atoms with Gasteiger partial charge in [-0.1, -0.05) is 36.6 Å². The van der Waals surface area contributed by atoms with Crippen molar-refractivity contribution in [1.29, 1.82) is 0 Å². The number of fused-ring (bicyclic) bond motifs is 1. The third-order valence-corrected chi connectivity index (χ3v) is 6.20. The van der Waals surface area contributed by atoms with E-state index in [2.05, 4.69) is 38.7 Å². The number of hydrogen-bond donors (Lipinski definition) is 1. The van der Waals surface area contributed by atoms with Crippen molar-refractivity contribution in [3.8, 4) is 11.3 Å². The fourth-order valence-corrected chi connectivity index (χ4v) is 4.35. The summed E-state index contributed by atoms with van der Waals surface area (Å²) in [6, 6.07) is 4.38. The number of nitrogens with one attached hydrogen (secondary N) is 1. The number of nitrogens with zero attached hydrogens (tertiary/aromatic N) is 5. The van der Waals surface area contributed by atoms with E-state index in [1.807, 2.05) is 16.8 Å². The summed E-state index contributed by atoms with van der Waals surface area (Å²) in [7, 11) is 0. The molecule has 1 aliphatic heterocycles. The predicted octanol–water partition coefficient (Wildman–Crippen LogP) is 4.46. The predicted molar refractivity (Wildman–Crippen MR) is 132 cm³/mol. The molecule has 0 radical (unpaired) electrons. The highest BCUT2D eigenvalue weighted by molar-refractivity contribution is 5.95. The molecule has 0 spiro atoms. The van der Waals surface area contributed by atoms with Gasteiger partial charge in [-0.15, -0.1) is 5.10 Å². The quantitative estimate of drug-likeness (QED) is 0.484. The van der Waals surface area contributed by atoms with Gasteiger partial charge in [0.2, 0.25) is 0 Å². The third kappa shape index (κ3) is 5.05. The molecule has 9 heteroatoms. The van der Waals surface area contributed by atoms with Crippen LogP contribution in [0.3, 0.4) is 0 Å². The number of rotatable bonds is 8. The first-order valence-corrected chi connectivity index (χ1v) is 11.6. The molecule has 1 amide bonds. The number of halogens is 2. The smallest absolute Gasteiger partial charge is 0.254 e. The molecule has 0 bridgehead atoms. The third-order valence-electron chi connectivity index (χ3n) is 6.20. The van der Waals surface area contributed by atoms with Gasteiger partial charge in [0.1, 0.15) is 11.0 Å². The molecule has 1 aromatic carbocycles. The van der Waals surface area contributed by atoms with Gasteiger partial charge in [-0.2, -0.15) is 0 Å². The molecule has 1 saturated heterocycles. The SMILES string of the molecule is C=C/C=C(\C=C)CN1CCC(n2nnc3cc(-c4ccc(C(=O)NCC)c(F)c4F)ncc32)CC1. The topological polar surface area (TPSA) is 75.9 Å². The number of carbonyl (C=O) groups excluding carboxylic acids is 1. The monoisotopic (exact) mass is 478 g/mol. The van der Waals surface area contributed by atoms with Gasteiger partial charge in [0.25, 0.3) is 5.91 Å². The number of amides is 1. The van der Waals surface area contributed by atoms with Crippen molar-refractivity contribution >= 4 is 16.9 Å². The second-order valence-electron chi connectivity index (χ2n) is 8.43. The Kier molecular flexibility index (Phi) is 7.45. The maximum absolute atomic E-state index is 14.8. The van der Waals surface area contributed by atoms with Gasteiger partial charge in [-0.3, -0.25) is 14.7 Å². The molecule has 1 fully saturated rings. The van der Waals surface area contributed by atoms with Gasteiger partial charge in [0.05, 0.1) is 23.5 Å². The van der Waals surface area contributed by atoms with Gasteiger partial charge in [0, 0.05) is 31.7 Å². The zero-order chi connectivity index (χ0) is 24.9. The molecule has 2 aromatic heterocycles. The molecular formula is C26H28F2N6O. The van der Waals surface area contributed by atoms with E-state index in [1.165, 1.54) is 12.1 Å². The lowest BCUT2D eigenvalue weighted by molar-refractivity contribution is 0.0951. The first-order chi connectivity index (χ1) is 17.0. The molecule has 1 N–H and O–H groups in total. The Morgan fingerprint density at radius 1 is 1.23 bits per heavy atom. The lowest BCUT2D eigenvalue weighted by Gasteiger charge is -2.32. The normalized spacial score (nSPS) is 15.3. The Morgan fingerprint density at radius 3 is 2.69 bits per heavy atom. The van der Waals surface area contributed by atoms with Crippen LogP contribution in [0.25, 0.3) is 22.3 Å². The number of allylic oxidation sites excluding steroid dienone is 2. The Balaban J connectivity index is 1.52. The zero-order valence-electron chi connectivity index (χ0n) is 19.7. The van der Waals surface area contributed by atoms with Crippen LogP contribution in [0.1, 0.15) is 36.2 Å². The maximum Gasteiger partial charge on any atom is 0.254 e. The first kappa shape index (κ1) is 24.4. The maximum atomic E-state index is 14.8. The van der Waals surface area contributed by atoms with E-state index in [-0.39, 0.29) is 22.9 Å². The lowest BCUT2D eigenvalue weighted by Crippen LogP contribution is -2.36. The number of hydrogen-bond acceptors (Lipinski definition) is 5. The highest BCUT2D eigenvalue weighted by Crippen LogP contribution is 2.29. The van der Waals surface area contributed by atoms with E-state index in [0.717, 1.165) is 43.6 Å². The van der Waals surface area contributed by atoms with Crippen LogP contribution < -0.4 is 5.32 Å². The second-order valence-corrected chi connectivity index (χ2v) is 8.43. The summed E-state index contributed by atoms with van der Waals surface area (Å²) in [5, 5.41) is 11.1. The van der Waals surface area contributed by atoms with Crippen LogP contribution in [0.15, 0.2) is 61.4 Å². The lowest BCUT2D eigenvalue weighted by atomic mass is 10.0. The molecule has 1 aliphatic rings. The van der Waals surface area contributed by atoms with Gasteiger partial charge >= 0.3 is 0 Å². The van der Waals surface area contributed by atoms with Crippen LogP contribution in [0.2, 0.25) is 0 Å². The van der Waals surface area contributed by atoms with E-state index in [0.29, 0.717) is 12.1 Å². The largest absolute Gasteiger partial charge is 0.352 e. The molecule has 0 atom stereocenters. The minimum absolute atomic E-state index is 0.0362. The van der Waals surface area contributed by atoms with Crippen LogP contribution >= 0.6 is 0 Å². The van der Waals surface area contributed by atoms with E-state index >= 15 is 0 Å². The molecule has 35 heavy (non-hydrogen) atoms. The van der Waals surface area contributed by atoms with Crippen molar-refractivity contribution in [3.63, 3.8) is 0 Å². The van der Waals surface area contributed by atoms with E-state index in [1.54, 1.807) is 25.3 Å². The zero-order valence-corrected chi connectivity index (χ0v) is 19.7. The van der Waals surface area contributed by atoms with E-state index in [9.17, 15) is 13.6 Å². The van der Waals surface area contributed by atoms with Crippen LogP contribution in [0, 0.1) is 11.6 Å². The fourth-order valence-electron chi connectivity index (χ4n) is 4.35. The standard InChI is InChI=1S/C26H28F2N6O/c1-4-7-17(5-2)16-33-12-10-18(11-13-33)34-23-15-30-21(14-22(23)31-32-34)19-8-9-20(25(28)24(19)27)26(35)29-6-3/h4-5,7-9,14-15,18H,1-2,6,10-13,16H2,3H3,(H,29,35)/b17-7+. The highest BCUT2D eigenvalue weighted by atomic mass is 19.2. The average Bonchev–Trinajstić information content (AvgIpc) is 3.29. The van der Waals surface area contributed by atoms with Crippen molar-refractivity contribution in [3.05, 3.63) is 78.6 Å². The van der Waals surface area contributed by atoms with Crippen molar-refractivity contribution < 1.29 is 13.6 Å². The van der Waals surface area contributed by atoms with Crippen LogP contribution in [0.5, 0.6) is 0 Å². The summed E-state index contributed by atoms with van der Waals surface area (Å²) in [4.78, 5) is 18.7. The molecule has 7 nitrogen and oxygen atoms in total. The van der Waals surface area contributed by atoms with Gasteiger partial charge < -0.3 is 5.32 Å². The highest BCUT2D eigenvalue weighted by Gasteiger charge is 2.24. The van der Waals surface area contributed by atoms with Crippen molar-refractivity contribution in [2.24, 2.45) is 0 Å². The number of pyridine rings is 1. The van der Waals surface area contributed by atoms with Gasteiger partial charge in [0.15, 0.2) is 11.6 Å². The summed E-state index contributed by atoms with van der Waals surface area (Å²) in [6.45, 7) is 12.3. The number of benzene rings is 1. The average molecular weight is 479 g/mol. The molecule has 0 saturated carbocycles. The Morgan fingerprint density at radius 2 is 2.00 bits per heavy atom. The first-order valence-electron chi connectivity index (χ1n) is 11.6. The van der Waals surface area contributed by atoms with Gasteiger partial charge in [-0.05, 0) is 43.5 Å². The summed E-state index contributed by atoms with van der Waals surface area (Å²) in [5.74, 6) is -2.98. The van der Waals surface area contributed by atoms with Crippen molar-refractivity contribution in [1.82, 2.24) is 30.2 Å². The van der Waals surface area contributed by atoms with Crippen LogP contribution in [-0.2, 0) is 0 Å². The number of carbonyl (C=O) groups is 1. The van der Waals surface area contributed by atoms with Crippen molar-refractivity contribution in [2.75, 3.05) is 26.2 Å². The fraction of sp³-hybridized carbons (Fsp3) is 0.308. The molecule has 3 heterocycles. The Hall–Kier alpha value is -3.72. The minimum Gasteiger partial charge on any atom is -0.352 e. The van der Waals surface area contributed by atoms with E-state index < -0.39 is 17.5 Å². The number of likely N-dealkylation sites (tertiary alicyclic amines) is 1.